The first-order chi connectivity index (χ1) is 13.8. The van der Waals surface area contributed by atoms with E-state index in [0.717, 1.165) is 0 Å². The van der Waals surface area contributed by atoms with Crippen molar-refractivity contribution in [3.63, 3.8) is 0 Å². The van der Waals surface area contributed by atoms with Gasteiger partial charge in [0.25, 0.3) is 0 Å². The summed E-state index contributed by atoms with van der Waals surface area (Å²) in [4.78, 5) is -1.43. The lowest BCUT2D eigenvalue weighted by molar-refractivity contribution is 0.263. The number of rotatable bonds is 7. The second-order valence-corrected chi connectivity index (χ2v) is 7.70. The Bertz CT molecular complexity index is 1110. The van der Waals surface area contributed by atoms with Gasteiger partial charge in [0.15, 0.2) is 22.3 Å². The minimum atomic E-state index is -4.78. The lowest BCUT2D eigenvalue weighted by Crippen LogP contribution is -2.26. The largest absolute Gasteiger partial charge is 0.484 e. The summed E-state index contributed by atoms with van der Waals surface area (Å²) >= 11 is 0. The molecular weight excluding hydrogens is 410 g/mol. The van der Waals surface area contributed by atoms with Gasteiger partial charge in [0.2, 0.25) is 21.7 Å². The van der Waals surface area contributed by atoms with E-state index in [9.17, 15) is 26.0 Å². The van der Waals surface area contributed by atoms with E-state index in [4.69, 9.17) is 4.74 Å². The van der Waals surface area contributed by atoms with Crippen LogP contribution in [0.3, 0.4) is 0 Å². The summed E-state index contributed by atoms with van der Waals surface area (Å²) in [6, 6.07) is 16.3. The smallest absolute Gasteiger partial charge is 0.247 e. The van der Waals surface area contributed by atoms with Crippen LogP contribution in [0.4, 0.5) is 17.6 Å². The molecule has 0 unspecified atom stereocenters. The van der Waals surface area contributed by atoms with Crippen LogP contribution in [-0.4, -0.2) is 8.42 Å². The molecule has 152 valence electrons. The van der Waals surface area contributed by atoms with Gasteiger partial charge in [-0.25, -0.2) is 26.3 Å². The first-order valence-electron chi connectivity index (χ1n) is 8.37. The third-order valence-corrected chi connectivity index (χ3v) is 5.41. The molecule has 0 spiro atoms. The predicted octanol–water partition coefficient (Wildman–Crippen LogP) is 4.30. The van der Waals surface area contributed by atoms with Crippen LogP contribution in [0.2, 0.25) is 0 Å². The molecule has 0 radical (unpaired) electrons. The van der Waals surface area contributed by atoms with E-state index < -0.39 is 43.9 Å². The molecule has 0 aliphatic heterocycles. The molecule has 4 nitrogen and oxygen atoms in total. The zero-order valence-corrected chi connectivity index (χ0v) is 15.6. The van der Waals surface area contributed by atoms with Crippen molar-refractivity contribution in [2.75, 3.05) is 0 Å². The number of sulfonamides is 1. The Hall–Kier alpha value is -2.91. The average molecular weight is 425 g/mol. The minimum absolute atomic E-state index is 0.276. The molecule has 0 fully saturated rings. The summed E-state index contributed by atoms with van der Waals surface area (Å²) in [6.45, 7) is -0.662. The van der Waals surface area contributed by atoms with Crippen molar-refractivity contribution in [2.24, 2.45) is 0 Å². The van der Waals surface area contributed by atoms with Crippen LogP contribution < -0.4 is 9.46 Å². The zero-order chi connectivity index (χ0) is 21.0. The molecule has 3 aromatic rings. The van der Waals surface area contributed by atoms with Crippen molar-refractivity contribution in [3.05, 3.63) is 95.1 Å². The molecule has 3 aromatic carbocycles. The third-order valence-electron chi connectivity index (χ3n) is 3.99. The Morgan fingerprint density at radius 2 is 1.24 bits per heavy atom. The predicted molar refractivity (Wildman–Crippen MR) is 97.5 cm³/mol. The number of hydrogen-bond donors (Lipinski definition) is 1. The lowest BCUT2D eigenvalue weighted by atomic mass is 10.2. The van der Waals surface area contributed by atoms with Crippen molar-refractivity contribution in [1.82, 2.24) is 4.72 Å². The Morgan fingerprint density at radius 1 is 0.724 bits per heavy atom. The second-order valence-electron chi connectivity index (χ2n) is 6.00. The molecule has 0 atom stereocenters. The highest BCUT2D eigenvalue weighted by molar-refractivity contribution is 7.89. The number of ether oxygens (including phenoxy) is 1. The van der Waals surface area contributed by atoms with Gasteiger partial charge in [-0.05, 0) is 11.1 Å². The van der Waals surface area contributed by atoms with Gasteiger partial charge < -0.3 is 4.74 Å². The van der Waals surface area contributed by atoms with Gasteiger partial charge in [-0.1, -0.05) is 60.7 Å². The maximum Gasteiger partial charge on any atom is 0.247 e. The van der Waals surface area contributed by atoms with Crippen molar-refractivity contribution in [1.29, 1.82) is 0 Å². The van der Waals surface area contributed by atoms with E-state index in [0.29, 0.717) is 11.1 Å². The maximum atomic E-state index is 14.4. The summed E-state index contributed by atoms with van der Waals surface area (Å²) in [5, 5.41) is 0. The Kier molecular flexibility index (Phi) is 6.19. The lowest BCUT2D eigenvalue weighted by Gasteiger charge is -2.15. The molecular formula is C20H15F4NO3S. The molecule has 1 N–H and O–H groups in total. The first kappa shape index (κ1) is 20.8. The highest BCUT2D eigenvalue weighted by Crippen LogP contribution is 2.34. The quantitative estimate of drug-likeness (QED) is 0.349. The van der Waals surface area contributed by atoms with Crippen LogP contribution in [0.25, 0.3) is 0 Å². The zero-order valence-electron chi connectivity index (χ0n) is 14.8. The SMILES string of the molecule is O=S(=O)(NCc1ccccc1)c1c(F)c(F)c(F)c(F)c1OCc1ccccc1. The minimum Gasteiger partial charge on any atom is -0.484 e. The van der Waals surface area contributed by atoms with E-state index in [2.05, 4.69) is 0 Å². The van der Waals surface area contributed by atoms with E-state index in [1.165, 1.54) is 0 Å². The van der Waals surface area contributed by atoms with Gasteiger partial charge >= 0.3 is 0 Å². The molecule has 0 heterocycles. The summed E-state index contributed by atoms with van der Waals surface area (Å²) in [5.74, 6) is -9.62. The fourth-order valence-corrected chi connectivity index (χ4v) is 3.76. The Morgan fingerprint density at radius 3 is 1.83 bits per heavy atom. The normalized spacial score (nSPS) is 11.4. The molecule has 3 rings (SSSR count). The van der Waals surface area contributed by atoms with Crippen LogP contribution in [0, 0.1) is 23.3 Å². The summed E-state index contributed by atoms with van der Waals surface area (Å²) < 4.78 is 88.4. The summed E-state index contributed by atoms with van der Waals surface area (Å²) in [5.41, 5.74) is 1.00. The van der Waals surface area contributed by atoms with E-state index in [-0.39, 0.29) is 13.2 Å². The summed E-state index contributed by atoms with van der Waals surface area (Å²) in [7, 11) is -4.78. The van der Waals surface area contributed by atoms with Crippen LogP contribution in [0.15, 0.2) is 65.6 Å². The van der Waals surface area contributed by atoms with Crippen LogP contribution >= 0.6 is 0 Å². The van der Waals surface area contributed by atoms with E-state index >= 15 is 0 Å². The average Bonchev–Trinajstić information content (AvgIpc) is 2.73. The molecule has 0 aliphatic carbocycles. The standard InChI is InChI=1S/C20H15F4NO3S/c21-15-16(22)18(24)20(29(26,27)25-11-13-7-3-1-4-8-13)19(17(15)23)28-12-14-9-5-2-6-10-14/h1-10,25H,11-12H2. The first-order valence-corrected chi connectivity index (χ1v) is 9.86. The Balaban J connectivity index is 1.99. The van der Waals surface area contributed by atoms with Crippen molar-refractivity contribution in [2.45, 2.75) is 18.0 Å². The van der Waals surface area contributed by atoms with Gasteiger partial charge in [-0.15, -0.1) is 0 Å². The molecule has 9 heteroatoms. The van der Waals surface area contributed by atoms with Crippen LogP contribution in [0.5, 0.6) is 5.75 Å². The summed E-state index contributed by atoms with van der Waals surface area (Å²) in [6.07, 6.45) is 0. The molecule has 0 saturated carbocycles. The van der Waals surface area contributed by atoms with Gasteiger partial charge in [0.1, 0.15) is 6.61 Å². The maximum absolute atomic E-state index is 14.4. The third kappa shape index (κ3) is 4.57. The molecule has 0 amide bonds. The van der Waals surface area contributed by atoms with Crippen molar-refractivity contribution in [3.8, 4) is 5.75 Å². The fourth-order valence-electron chi connectivity index (χ4n) is 2.54. The molecule has 0 bridgehead atoms. The topological polar surface area (TPSA) is 55.4 Å². The van der Waals surface area contributed by atoms with Crippen LogP contribution in [-0.2, 0) is 23.2 Å². The van der Waals surface area contributed by atoms with Crippen molar-refractivity contribution >= 4 is 10.0 Å². The van der Waals surface area contributed by atoms with Gasteiger partial charge in [-0.3, -0.25) is 0 Å². The van der Waals surface area contributed by atoms with E-state index in [1.54, 1.807) is 60.7 Å². The number of nitrogens with one attached hydrogen (secondary N) is 1. The number of halogens is 4. The number of benzene rings is 3. The highest BCUT2D eigenvalue weighted by Gasteiger charge is 2.34. The molecule has 0 aromatic heterocycles. The number of hydrogen-bond acceptors (Lipinski definition) is 3. The highest BCUT2D eigenvalue weighted by atomic mass is 32.2. The molecule has 0 aliphatic rings. The monoisotopic (exact) mass is 425 g/mol. The van der Waals surface area contributed by atoms with Gasteiger partial charge in [0.05, 0.1) is 0 Å². The molecule has 29 heavy (non-hydrogen) atoms. The molecule has 0 saturated heterocycles. The second kappa shape index (κ2) is 8.62. The van der Waals surface area contributed by atoms with Crippen LogP contribution in [0.1, 0.15) is 11.1 Å². The van der Waals surface area contributed by atoms with Gasteiger partial charge in [-0.2, -0.15) is 4.39 Å². The van der Waals surface area contributed by atoms with E-state index in [1.807, 2.05) is 4.72 Å². The van der Waals surface area contributed by atoms with Gasteiger partial charge in [0, 0.05) is 6.54 Å². The van der Waals surface area contributed by atoms with Crippen molar-refractivity contribution < 1.29 is 30.7 Å². The fraction of sp³-hybridized carbons (Fsp3) is 0.100. The Labute approximate surface area is 164 Å².